The third-order valence-corrected chi connectivity index (χ3v) is 6.63. The highest BCUT2D eigenvalue weighted by Crippen LogP contribution is 2.58. The maximum absolute atomic E-state index is 13.1. The summed E-state index contributed by atoms with van der Waals surface area (Å²) in [5.74, 6) is 0.126. The molecule has 0 unspecified atom stereocenters. The van der Waals surface area contributed by atoms with Crippen molar-refractivity contribution in [2.45, 2.75) is 37.8 Å². The molecule has 2 aromatic heterocycles. The average molecular weight is 530 g/mol. The van der Waals surface area contributed by atoms with Gasteiger partial charge in [-0.05, 0) is 61.9 Å². The zero-order chi connectivity index (χ0) is 27.3. The van der Waals surface area contributed by atoms with Gasteiger partial charge in [-0.2, -0.15) is 13.2 Å². The van der Waals surface area contributed by atoms with Crippen LogP contribution in [0.1, 0.15) is 47.1 Å². The van der Waals surface area contributed by atoms with Crippen LogP contribution in [0.5, 0.6) is 5.88 Å². The number of allylic oxidation sites excluding steroid dienone is 4. The van der Waals surface area contributed by atoms with Crippen LogP contribution in [0.15, 0.2) is 66.5 Å². The Morgan fingerprint density at radius 1 is 1.34 bits per heavy atom. The van der Waals surface area contributed by atoms with Crippen LogP contribution in [-0.2, 0) is 22.7 Å². The number of ether oxygens (including phenoxy) is 2. The summed E-state index contributed by atoms with van der Waals surface area (Å²) >= 11 is 0. The van der Waals surface area contributed by atoms with Crippen molar-refractivity contribution in [3.8, 4) is 5.88 Å². The highest BCUT2D eigenvalue weighted by molar-refractivity contribution is 5.95. The molecule has 1 aliphatic carbocycles. The molecule has 2 fully saturated rings. The first kappa shape index (κ1) is 27.5. The molecule has 4 rings (SSSR count). The molecule has 1 saturated carbocycles. The molecule has 38 heavy (non-hydrogen) atoms. The summed E-state index contributed by atoms with van der Waals surface area (Å²) in [7, 11) is 0. The van der Waals surface area contributed by atoms with Gasteiger partial charge in [-0.15, -0.1) is 0 Å². The number of nitrogens with zero attached hydrogens (tertiary/aromatic N) is 2. The maximum Gasteiger partial charge on any atom is 0.433 e. The first-order valence-corrected chi connectivity index (χ1v) is 12.3. The fourth-order valence-corrected chi connectivity index (χ4v) is 4.53. The second-order valence-electron chi connectivity index (χ2n) is 9.58. The minimum Gasteiger partial charge on any atom is -0.475 e. The molecule has 202 valence electrons. The van der Waals surface area contributed by atoms with Crippen LogP contribution < -0.4 is 10.1 Å². The van der Waals surface area contributed by atoms with Gasteiger partial charge in [0.15, 0.2) is 0 Å². The van der Waals surface area contributed by atoms with Crippen LogP contribution in [-0.4, -0.2) is 47.4 Å². The van der Waals surface area contributed by atoms with Crippen LogP contribution in [0.4, 0.5) is 13.2 Å². The average Bonchev–Trinajstić information content (AvgIpc) is 3.64. The number of aliphatic hydroxyl groups excluding tert-OH is 1. The summed E-state index contributed by atoms with van der Waals surface area (Å²) in [6.45, 7) is 6.94. The molecule has 1 aliphatic heterocycles. The van der Waals surface area contributed by atoms with Crippen molar-refractivity contribution in [3.05, 3.63) is 89.1 Å². The van der Waals surface area contributed by atoms with Crippen molar-refractivity contribution < 1.29 is 32.5 Å². The van der Waals surface area contributed by atoms with Crippen molar-refractivity contribution in [1.29, 1.82) is 0 Å². The zero-order valence-corrected chi connectivity index (χ0v) is 21.1. The summed E-state index contributed by atoms with van der Waals surface area (Å²) in [5.41, 5.74) is 1.59. The van der Waals surface area contributed by atoms with Gasteiger partial charge in [-0.1, -0.05) is 24.3 Å². The van der Waals surface area contributed by atoms with Gasteiger partial charge in [0.05, 0.1) is 18.9 Å². The van der Waals surface area contributed by atoms with Crippen LogP contribution >= 0.6 is 0 Å². The van der Waals surface area contributed by atoms with Gasteiger partial charge < -0.3 is 19.9 Å². The number of carbonyl (C=O) groups is 1. The van der Waals surface area contributed by atoms with Crippen LogP contribution in [0, 0.1) is 5.92 Å². The van der Waals surface area contributed by atoms with E-state index in [0.29, 0.717) is 43.2 Å². The Hall–Kier alpha value is -3.50. The van der Waals surface area contributed by atoms with Crippen molar-refractivity contribution in [1.82, 2.24) is 15.3 Å². The van der Waals surface area contributed by atoms with E-state index in [1.54, 1.807) is 31.2 Å². The standard InChI is InChI=1S/C28H30F3N3O4/c1-18(2)3-5-22(33-26(36)20-7-9-32-24(15-20)28(29,30)31)6-4-19-13-23(34-25(14-19)38-12-10-35)27-8-11-37-17-21(27)16-27/h3,5-7,9,13-15,21,35H,1,4,8,10-12,16-17H2,2H3,(H,33,36)/b5-3-,22-6+/t21-,27+/m0/s1. The molecule has 0 spiro atoms. The number of hydrogen-bond donors (Lipinski definition) is 2. The Kier molecular flexibility index (Phi) is 8.32. The number of amides is 1. The van der Waals surface area contributed by atoms with Gasteiger partial charge in [0.2, 0.25) is 5.88 Å². The normalized spacial score (nSPS) is 21.2. The number of aromatic nitrogens is 2. The lowest BCUT2D eigenvalue weighted by Crippen LogP contribution is -2.23. The molecule has 2 aromatic rings. The SMILES string of the molecule is C=C(C)/C=C\C(=C/Cc1cc(OCCO)nc([C@@]23CCOC[C@@H]2C3)c1)NC(=O)c1ccnc(C(F)(F)F)c1. The third kappa shape index (κ3) is 6.68. The van der Waals surface area contributed by atoms with Crippen LogP contribution in [0.3, 0.4) is 0 Å². The van der Waals surface area contributed by atoms with Crippen LogP contribution in [0.2, 0.25) is 0 Å². The number of aliphatic hydroxyl groups is 1. The van der Waals surface area contributed by atoms with E-state index in [2.05, 4.69) is 16.9 Å². The minimum absolute atomic E-state index is 0.0380. The predicted molar refractivity (Wildman–Crippen MR) is 134 cm³/mol. The number of alkyl halides is 3. The van der Waals surface area contributed by atoms with Gasteiger partial charge in [-0.25, -0.2) is 4.98 Å². The molecule has 1 saturated heterocycles. The number of carbonyl (C=O) groups excluding carboxylic acids is 1. The van der Waals surface area contributed by atoms with Crippen LogP contribution in [0.25, 0.3) is 0 Å². The molecule has 2 N–H and O–H groups in total. The van der Waals surface area contributed by atoms with Gasteiger partial charge >= 0.3 is 6.18 Å². The Morgan fingerprint density at radius 2 is 2.16 bits per heavy atom. The fraction of sp³-hybridized carbons (Fsp3) is 0.393. The summed E-state index contributed by atoms with van der Waals surface area (Å²) < 4.78 is 50.4. The van der Waals surface area contributed by atoms with Gasteiger partial charge in [0.1, 0.15) is 12.3 Å². The molecule has 2 atom stereocenters. The van der Waals surface area contributed by atoms with E-state index in [0.717, 1.165) is 35.9 Å². The van der Waals surface area contributed by atoms with E-state index in [4.69, 9.17) is 14.5 Å². The fourth-order valence-electron chi connectivity index (χ4n) is 4.53. The van der Waals surface area contributed by atoms with E-state index in [-0.39, 0.29) is 24.2 Å². The monoisotopic (exact) mass is 529 g/mol. The van der Waals surface area contributed by atoms with Crippen molar-refractivity contribution in [2.75, 3.05) is 26.4 Å². The zero-order valence-electron chi connectivity index (χ0n) is 21.1. The number of fused-ring (bicyclic) bond motifs is 1. The highest BCUT2D eigenvalue weighted by Gasteiger charge is 2.57. The second kappa shape index (κ2) is 11.5. The third-order valence-electron chi connectivity index (χ3n) is 6.63. The van der Waals surface area contributed by atoms with Crippen molar-refractivity contribution in [2.24, 2.45) is 5.92 Å². The maximum atomic E-state index is 13.1. The number of hydrogen-bond acceptors (Lipinski definition) is 6. The van der Waals surface area contributed by atoms with Crippen molar-refractivity contribution in [3.63, 3.8) is 0 Å². The molecule has 2 aliphatic rings. The number of pyridine rings is 2. The Morgan fingerprint density at radius 3 is 2.87 bits per heavy atom. The molecule has 0 bridgehead atoms. The predicted octanol–water partition coefficient (Wildman–Crippen LogP) is 4.53. The number of rotatable bonds is 10. The van der Waals surface area contributed by atoms with E-state index in [1.165, 1.54) is 6.07 Å². The topological polar surface area (TPSA) is 93.6 Å². The first-order valence-electron chi connectivity index (χ1n) is 12.3. The molecular weight excluding hydrogens is 499 g/mol. The lowest BCUT2D eigenvalue weighted by molar-refractivity contribution is -0.141. The lowest BCUT2D eigenvalue weighted by atomic mass is 9.92. The van der Waals surface area contributed by atoms with Gasteiger partial charge in [0, 0.05) is 35.5 Å². The molecule has 3 heterocycles. The Bertz CT molecular complexity index is 1260. The number of nitrogens with one attached hydrogen (secondary N) is 1. The summed E-state index contributed by atoms with van der Waals surface area (Å²) in [6, 6.07) is 5.75. The van der Waals surface area contributed by atoms with E-state index in [9.17, 15) is 23.1 Å². The van der Waals surface area contributed by atoms with Crippen molar-refractivity contribution >= 4 is 5.91 Å². The quantitative estimate of drug-likeness (QED) is 0.440. The summed E-state index contributed by atoms with van der Waals surface area (Å²) in [4.78, 5) is 20.8. The summed E-state index contributed by atoms with van der Waals surface area (Å²) in [6.07, 6.45) is 3.67. The highest BCUT2D eigenvalue weighted by atomic mass is 19.4. The van der Waals surface area contributed by atoms with E-state index >= 15 is 0 Å². The molecular formula is C28H30F3N3O4. The minimum atomic E-state index is -4.66. The smallest absolute Gasteiger partial charge is 0.433 e. The largest absolute Gasteiger partial charge is 0.475 e. The second-order valence-corrected chi connectivity index (χ2v) is 9.58. The molecule has 10 heteroatoms. The van der Waals surface area contributed by atoms with E-state index < -0.39 is 17.8 Å². The molecule has 7 nitrogen and oxygen atoms in total. The lowest BCUT2D eigenvalue weighted by Gasteiger charge is -2.23. The number of halogens is 3. The van der Waals surface area contributed by atoms with E-state index in [1.807, 2.05) is 6.07 Å². The Labute approximate surface area is 219 Å². The Balaban J connectivity index is 1.59. The molecule has 0 aromatic carbocycles. The van der Waals surface area contributed by atoms with Gasteiger partial charge in [-0.3, -0.25) is 9.78 Å². The summed E-state index contributed by atoms with van der Waals surface area (Å²) in [5, 5.41) is 11.9. The van der Waals surface area contributed by atoms with Gasteiger partial charge in [0.25, 0.3) is 5.91 Å². The molecule has 1 amide bonds. The molecule has 0 radical (unpaired) electrons. The first-order chi connectivity index (χ1) is 18.1.